The Kier molecular flexibility index (Phi) is 7.44. The Labute approximate surface area is 201 Å². The molecule has 6 nitrogen and oxygen atoms in total. The van der Waals surface area contributed by atoms with Crippen LogP contribution in [0.1, 0.15) is 15.9 Å². The third kappa shape index (κ3) is 6.25. The van der Waals surface area contributed by atoms with E-state index in [9.17, 15) is 4.79 Å². The van der Waals surface area contributed by atoms with Gasteiger partial charge in [0.1, 0.15) is 11.5 Å². The molecule has 0 saturated carbocycles. The van der Waals surface area contributed by atoms with Gasteiger partial charge in [0.2, 0.25) is 0 Å². The number of ether oxygens (including phenoxy) is 2. The molecule has 0 aliphatic heterocycles. The molecule has 0 bridgehead atoms. The summed E-state index contributed by atoms with van der Waals surface area (Å²) >= 11 is 7.38. The van der Waals surface area contributed by atoms with Gasteiger partial charge in [0, 0.05) is 34.4 Å². The lowest BCUT2D eigenvalue weighted by atomic mass is 10.2. The lowest BCUT2D eigenvalue weighted by Crippen LogP contribution is -2.22. The van der Waals surface area contributed by atoms with Gasteiger partial charge in [-0.05, 0) is 66.2 Å². The van der Waals surface area contributed by atoms with Crippen molar-refractivity contribution in [2.45, 2.75) is 16.5 Å². The average Bonchev–Trinajstić information content (AvgIpc) is 2.86. The highest BCUT2D eigenvalue weighted by atomic mass is 35.5. The number of amides is 1. The Hall–Kier alpha value is -3.55. The minimum absolute atomic E-state index is 0.171. The molecule has 1 N–H and O–H groups in total. The fourth-order valence-corrected chi connectivity index (χ4v) is 3.80. The summed E-state index contributed by atoms with van der Waals surface area (Å²) in [4.78, 5) is 22.1. The normalized spacial score (nSPS) is 10.5. The number of hydrogen-bond donors (Lipinski definition) is 1. The monoisotopic (exact) mass is 477 g/mol. The molecule has 4 aromatic rings. The fourth-order valence-electron chi connectivity index (χ4n) is 2.88. The maximum atomic E-state index is 12.5. The summed E-state index contributed by atoms with van der Waals surface area (Å²) < 4.78 is 11.1. The predicted molar refractivity (Wildman–Crippen MR) is 128 cm³/mol. The minimum Gasteiger partial charge on any atom is -0.497 e. The first-order valence-electron chi connectivity index (χ1n) is 10.0. The average molecular weight is 478 g/mol. The molecular weight excluding hydrogens is 458 g/mol. The molecule has 1 aromatic heterocycles. The second kappa shape index (κ2) is 10.8. The van der Waals surface area contributed by atoms with Gasteiger partial charge >= 0.3 is 0 Å². The number of methoxy groups -OCH3 is 1. The van der Waals surface area contributed by atoms with E-state index in [1.54, 1.807) is 43.8 Å². The van der Waals surface area contributed by atoms with E-state index >= 15 is 0 Å². The molecule has 0 saturated heterocycles. The smallest absolute Gasteiger partial charge is 0.252 e. The van der Waals surface area contributed by atoms with E-state index < -0.39 is 0 Å². The summed E-state index contributed by atoms with van der Waals surface area (Å²) in [6, 6.07) is 21.9. The van der Waals surface area contributed by atoms with E-state index in [-0.39, 0.29) is 5.91 Å². The number of carbonyl (C=O) groups is 1. The van der Waals surface area contributed by atoms with Gasteiger partial charge in [-0.1, -0.05) is 35.5 Å². The summed E-state index contributed by atoms with van der Waals surface area (Å²) in [5.41, 5.74) is 1.52. The second-order valence-corrected chi connectivity index (χ2v) is 8.38. The maximum absolute atomic E-state index is 12.5. The van der Waals surface area contributed by atoms with Crippen LogP contribution in [-0.4, -0.2) is 23.0 Å². The summed E-state index contributed by atoms with van der Waals surface area (Å²) in [6.07, 6.45) is 3.18. The van der Waals surface area contributed by atoms with Crippen molar-refractivity contribution in [2.24, 2.45) is 0 Å². The molecule has 4 rings (SSSR count). The summed E-state index contributed by atoms with van der Waals surface area (Å²) in [5.74, 6) is 1.55. The highest BCUT2D eigenvalue weighted by molar-refractivity contribution is 7.99. The fraction of sp³-hybridized carbons (Fsp3) is 0.0800. The molecule has 0 unspecified atom stereocenters. The standard InChI is InChI=1S/C25H20ClN3O3S/c1-31-20-8-2-17(3-9-20)16-29-23(30)18-4-10-21(11-5-18)32-24-25(28-15-14-27-24)33-22-12-6-19(26)7-13-22/h2-15H,16H2,1H3,(H,29,30). The number of nitrogens with zero attached hydrogens (tertiary/aromatic N) is 2. The summed E-state index contributed by atoms with van der Waals surface area (Å²) in [6.45, 7) is 0.423. The molecule has 3 aromatic carbocycles. The van der Waals surface area contributed by atoms with Crippen molar-refractivity contribution < 1.29 is 14.3 Å². The van der Waals surface area contributed by atoms with Crippen molar-refractivity contribution in [3.63, 3.8) is 0 Å². The van der Waals surface area contributed by atoms with Crippen LogP contribution in [0.5, 0.6) is 17.4 Å². The molecule has 0 aliphatic carbocycles. The zero-order valence-corrected chi connectivity index (χ0v) is 19.3. The first-order chi connectivity index (χ1) is 16.1. The van der Waals surface area contributed by atoms with Crippen molar-refractivity contribution in [1.82, 2.24) is 15.3 Å². The summed E-state index contributed by atoms with van der Waals surface area (Å²) in [5, 5.41) is 4.20. The van der Waals surface area contributed by atoms with Gasteiger partial charge in [-0.3, -0.25) is 4.79 Å². The highest BCUT2D eigenvalue weighted by Gasteiger charge is 2.11. The first kappa shape index (κ1) is 22.6. The Morgan fingerprint density at radius 3 is 2.27 bits per heavy atom. The zero-order chi connectivity index (χ0) is 23.0. The first-order valence-corrected chi connectivity index (χ1v) is 11.2. The van der Waals surface area contributed by atoms with E-state index in [1.165, 1.54) is 11.8 Å². The molecule has 33 heavy (non-hydrogen) atoms. The van der Waals surface area contributed by atoms with Crippen LogP contribution >= 0.6 is 23.4 Å². The number of nitrogens with one attached hydrogen (secondary N) is 1. The number of halogens is 1. The van der Waals surface area contributed by atoms with Gasteiger partial charge in [0.05, 0.1) is 7.11 Å². The molecule has 0 fully saturated rings. The van der Waals surface area contributed by atoms with Crippen molar-refractivity contribution in [3.05, 3.63) is 101 Å². The zero-order valence-electron chi connectivity index (χ0n) is 17.7. The van der Waals surface area contributed by atoms with Crippen LogP contribution in [0.4, 0.5) is 0 Å². The summed E-state index contributed by atoms with van der Waals surface area (Å²) in [7, 11) is 1.62. The molecule has 0 radical (unpaired) electrons. The van der Waals surface area contributed by atoms with E-state index in [0.29, 0.717) is 33.8 Å². The van der Waals surface area contributed by atoms with Crippen molar-refractivity contribution in [2.75, 3.05) is 7.11 Å². The van der Waals surface area contributed by atoms with Crippen LogP contribution in [-0.2, 0) is 6.54 Å². The molecule has 0 atom stereocenters. The molecule has 166 valence electrons. The van der Waals surface area contributed by atoms with Crippen LogP contribution in [0, 0.1) is 0 Å². The Morgan fingerprint density at radius 1 is 0.909 bits per heavy atom. The lowest BCUT2D eigenvalue weighted by Gasteiger charge is -2.10. The van der Waals surface area contributed by atoms with E-state index in [4.69, 9.17) is 21.1 Å². The SMILES string of the molecule is COc1ccc(CNC(=O)c2ccc(Oc3nccnc3Sc3ccc(Cl)cc3)cc2)cc1. The molecule has 8 heteroatoms. The number of aromatic nitrogens is 2. The molecule has 1 heterocycles. The van der Waals surface area contributed by atoms with E-state index in [2.05, 4.69) is 15.3 Å². The molecular formula is C25H20ClN3O3S. The Balaban J connectivity index is 1.38. The lowest BCUT2D eigenvalue weighted by molar-refractivity contribution is 0.0951. The predicted octanol–water partition coefficient (Wildman–Crippen LogP) is 6.01. The Morgan fingerprint density at radius 2 is 1.58 bits per heavy atom. The molecule has 0 aliphatic rings. The number of benzene rings is 3. The third-order valence-corrected chi connectivity index (χ3v) is 5.84. The van der Waals surface area contributed by atoms with Crippen molar-refractivity contribution >= 4 is 29.3 Å². The van der Waals surface area contributed by atoms with Crippen LogP contribution in [0.25, 0.3) is 0 Å². The largest absolute Gasteiger partial charge is 0.497 e. The van der Waals surface area contributed by atoms with Gasteiger partial charge in [-0.25, -0.2) is 9.97 Å². The van der Waals surface area contributed by atoms with E-state index in [1.807, 2.05) is 48.5 Å². The van der Waals surface area contributed by atoms with E-state index in [0.717, 1.165) is 16.2 Å². The topological polar surface area (TPSA) is 73.3 Å². The quantitative estimate of drug-likeness (QED) is 0.335. The highest BCUT2D eigenvalue weighted by Crippen LogP contribution is 2.34. The number of hydrogen-bond acceptors (Lipinski definition) is 6. The van der Waals surface area contributed by atoms with Gasteiger partial charge in [-0.2, -0.15) is 0 Å². The van der Waals surface area contributed by atoms with Crippen LogP contribution in [0.2, 0.25) is 5.02 Å². The third-order valence-electron chi connectivity index (χ3n) is 4.60. The molecule has 0 spiro atoms. The van der Waals surface area contributed by atoms with Crippen LogP contribution < -0.4 is 14.8 Å². The maximum Gasteiger partial charge on any atom is 0.252 e. The van der Waals surface area contributed by atoms with Crippen molar-refractivity contribution in [3.8, 4) is 17.4 Å². The minimum atomic E-state index is -0.171. The molecule has 1 amide bonds. The van der Waals surface area contributed by atoms with Crippen molar-refractivity contribution in [1.29, 1.82) is 0 Å². The number of rotatable bonds is 8. The van der Waals surface area contributed by atoms with Gasteiger partial charge in [0.25, 0.3) is 11.8 Å². The van der Waals surface area contributed by atoms with Gasteiger partial charge in [-0.15, -0.1) is 0 Å². The van der Waals surface area contributed by atoms with Crippen LogP contribution in [0.15, 0.2) is 95.1 Å². The second-order valence-electron chi connectivity index (χ2n) is 6.88. The van der Waals surface area contributed by atoms with Gasteiger partial charge in [0.15, 0.2) is 5.03 Å². The van der Waals surface area contributed by atoms with Gasteiger partial charge < -0.3 is 14.8 Å². The number of carbonyl (C=O) groups excluding carboxylic acids is 1. The Bertz CT molecular complexity index is 1220. The van der Waals surface area contributed by atoms with Crippen LogP contribution in [0.3, 0.4) is 0 Å².